The third-order valence-electron chi connectivity index (χ3n) is 3.50. The van der Waals surface area contributed by atoms with Crippen LogP contribution in [0, 0.1) is 0 Å². The largest absolute Gasteiger partial charge is 0.304 e. The Morgan fingerprint density at radius 2 is 1.86 bits per heavy atom. The second-order valence-corrected chi connectivity index (χ2v) is 5.23. The van der Waals surface area contributed by atoms with Gasteiger partial charge in [-0.2, -0.15) is 12.6 Å². The highest BCUT2D eigenvalue weighted by molar-refractivity contribution is 7.80. The van der Waals surface area contributed by atoms with E-state index in [1.165, 1.54) is 38.8 Å². The van der Waals surface area contributed by atoms with Crippen LogP contribution < -0.4 is 0 Å². The van der Waals surface area contributed by atoms with E-state index < -0.39 is 0 Å². The topological polar surface area (TPSA) is 6.48 Å². The van der Waals surface area contributed by atoms with Crippen LogP contribution in [0.2, 0.25) is 0 Å². The van der Waals surface area contributed by atoms with Crippen LogP contribution in [0.15, 0.2) is 0 Å². The molecule has 0 radical (unpaired) electrons. The molecule has 1 aliphatic carbocycles. The summed E-state index contributed by atoms with van der Waals surface area (Å²) in [5.41, 5.74) is 0.478. The van der Waals surface area contributed by atoms with E-state index >= 15 is 0 Å². The predicted octanol–water partition coefficient (Wildman–Crippen LogP) is 1.72. The second kappa shape index (κ2) is 5.38. The van der Waals surface area contributed by atoms with Crippen LogP contribution in [-0.2, 0) is 0 Å². The van der Waals surface area contributed by atoms with Gasteiger partial charge in [-0.1, -0.05) is 0 Å². The molecule has 84 valence electrons. The zero-order chi connectivity index (χ0) is 10.6. The monoisotopic (exact) mass is 216 g/mol. The summed E-state index contributed by atoms with van der Waals surface area (Å²) in [6.07, 6.45) is 5.33. The Morgan fingerprint density at radius 1 is 1.21 bits per heavy atom. The lowest BCUT2D eigenvalue weighted by molar-refractivity contribution is 0.0280. The van der Waals surface area contributed by atoms with Crippen LogP contribution >= 0.6 is 12.6 Å². The van der Waals surface area contributed by atoms with E-state index in [2.05, 4.69) is 43.6 Å². The molecule has 0 heterocycles. The molecule has 0 N–H and O–H groups in total. The van der Waals surface area contributed by atoms with Gasteiger partial charge in [0, 0.05) is 12.1 Å². The maximum Gasteiger partial charge on any atom is 0.0330 e. The number of hydrogen-bond donors (Lipinski definition) is 1. The quantitative estimate of drug-likeness (QED) is 0.676. The fraction of sp³-hybridized carbons (Fsp3) is 1.00. The first-order valence-electron chi connectivity index (χ1n) is 5.57. The van der Waals surface area contributed by atoms with Gasteiger partial charge >= 0.3 is 0 Å². The Balaban J connectivity index is 2.33. The molecule has 0 bridgehead atoms. The van der Waals surface area contributed by atoms with Crippen molar-refractivity contribution in [2.75, 3.05) is 40.0 Å². The van der Waals surface area contributed by atoms with Crippen LogP contribution in [0.5, 0.6) is 0 Å². The van der Waals surface area contributed by atoms with Gasteiger partial charge < -0.3 is 9.80 Å². The maximum atomic E-state index is 4.25. The first-order chi connectivity index (χ1) is 6.60. The van der Waals surface area contributed by atoms with E-state index in [1.54, 1.807) is 0 Å². The third-order valence-corrected chi connectivity index (χ3v) is 3.81. The lowest BCUT2D eigenvalue weighted by atomic mass is 9.75. The van der Waals surface area contributed by atoms with E-state index in [1.807, 2.05) is 0 Å². The zero-order valence-electron chi connectivity index (χ0n) is 9.79. The zero-order valence-corrected chi connectivity index (χ0v) is 10.7. The molecule has 0 aromatic rings. The van der Waals surface area contributed by atoms with Gasteiger partial charge in [-0.15, -0.1) is 0 Å². The summed E-state index contributed by atoms with van der Waals surface area (Å²) in [5.74, 6) is 0.999. The van der Waals surface area contributed by atoms with Crippen molar-refractivity contribution in [1.29, 1.82) is 0 Å². The Morgan fingerprint density at radius 3 is 2.21 bits per heavy atom. The fourth-order valence-corrected chi connectivity index (χ4v) is 2.40. The van der Waals surface area contributed by atoms with Crippen molar-refractivity contribution in [3.05, 3.63) is 0 Å². The van der Waals surface area contributed by atoms with Crippen molar-refractivity contribution in [1.82, 2.24) is 9.80 Å². The Bertz CT molecular complexity index is 167. The molecule has 0 aromatic carbocycles. The van der Waals surface area contributed by atoms with Gasteiger partial charge in [-0.05, 0) is 59.1 Å². The van der Waals surface area contributed by atoms with Crippen LogP contribution in [0.1, 0.15) is 25.7 Å². The molecule has 0 aromatic heterocycles. The fourth-order valence-electron chi connectivity index (χ4n) is 2.25. The minimum Gasteiger partial charge on any atom is -0.304 e. The van der Waals surface area contributed by atoms with Crippen molar-refractivity contribution < 1.29 is 0 Å². The van der Waals surface area contributed by atoms with Crippen LogP contribution in [0.3, 0.4) is 0 Å². The van der Waals surface area contributed by atoms with Crippen LogP contribution in [0.25, 0.3) is 0 Å². The highest BCUT2D eigenvalue weighted by Crippen LogP contribution is 2.36. The first kappa shape index (κ1) is 12.3. The molecule has 14 heavy (non-hydrogen) atoms. The number of likely N-dealkylation sites (N-methyl/N-ethyl adjacent to an activating group) is 2. The van der Waals surface area contributed by atoms with Crippen molar-refractivity contribution in [2.24, 2.45) is 0 Å². The predicted molar refractivity (Wildman–Crippen MR) is 66.2 cm³/mol. The molecular weight excluding hydrogens is 192 g/mol. The molecule has 1 aliphatic rings. The smallest absolute Gasteiger partial charge is 0.0330 e. The summed E-state index contributed by atoms with van der Waals surface area (Å²) in [5, 5.41) is 0. The van der Waals surface area contributed by atoms with E-state index in [4.69, 9.17) is 0 Å². The summed E-state index contributed by atoms with van der Waals surface area (Å²) < 4.78 is 0. The van der Waals surface area contributed by atoms with Crippen LogP contribution in [-0.4, -0.2) is 55.3 Å². The lowest BCUT2D eigenvalue weighted by Gasteiger charge is -2.49. The molecule has 1 saturated carbocycles. The average molecular weight is 216 g/mol. The van der Waals surface area contributed by atoms with Crippen molar-refractivity contribution in [3.63, 3.8) is 0 Å². The standard InChI is InChI=1S/C11H24N2S/c1-12(2)11(6-4-7-11)10-13(3)8-5-9-14/h14H,4-10H2,1-3H3. The molecule has 0 amide bonds. The van der Waals surface area contributed by atoms with Gasteiger partial charge in [0.2, 0.25) is 0 Å². The minimum absolute atomic E-state index is 0.478. The van der Waals surface area contributed by atoms with Crippen molar-refractivity contribution in [3.8, 4) is 0 Å². The van der Waals surface area contributed by atoms with Crippen molar-refractivity contribution in [2.45, 2.75) is 31.2 Å². The summed E-state index contributed by atoms with van der Waals surface area (Å²) in [6, 6.07) is 0. The molecule has 0 saturated heterocycles. The first-order valence-corrected chi connectivity index (χ1v) is 6.21. The summed E-state index contributed by atoms with van der Waals surface area (Å²) in [7, 11) is 6.66. The summed E-state index contributed by atoms with van der Waals surface area (Å²) in [4.78, 5) is 4.86. The molecule has 0 atom stereocenters. The molecule has 0 unspecified atom stereocenters. The van der Waals surface area contributed by atoms with E-state index in [-0.39, 0.29) is 0 Å². The van der Waals surface area contributed by atoms with Gasteiger partial charge in [-0.25, -0.2) is 0 Å². The molecule has 1 rings (SSSR count). The molecule has 0 spiro atoms. The summed E-state index contributed by atoms with van der Waals surface area (Å²) >= 11 is 4.25. The Kier molecular flexibility index (Phi) is 4.74. The normalized spacial score (nSPS) is 20.1. The molecule has 0 aliphatic heterocycles. The Labute approximate surface area is 94.1 Å². The SMILES string of the molecule is CN(CCCS)CC1(N(C)C)CCC1. The van der Waals surface area contributed by atoms with Gasteiger partial charge in [-0.3, -0.25) is 0 Å². The average Bonchev–Trinajstić information content (AvgIpc) is 2.07. The lowest BCUT2D eigenvalue weighted by Crippen LogP contribution is -2.56. The number of nitrogens with zero attached hydrogens (tertiary/aromatic N) is 2. The van der Waals surface area contributed by atoms with E-state index in [0.717, 1.165) is 5.75 Å². The second-order valence-electron chi connectivity index (χ2n) is 4.79. The number of hydrogen-bond acceptors (Lipinski definition) is 3. The molecular formula is C11H24N2S. The number of thiol groups is 1. The molecule has 3 heteroatoms. The third kappa shape index (κ3) is 2.88. The van der Waals surface area contributed by atoms with Crippen LogP contribution in [0.4, 0.5) is 0 Å². The highest BCUT2D eigenvalue weighted by Gasteiger charge is 2.39. The van der Waals surface area contributed by atoms with E-state index in [9.17, 15) is 0 Å². The van der Waals surface area contributed by atoms with Gasteiger partial charge in [0.15, 0.2) is 0 Å². The summed E-state index contributed by atoms with van der Waals surface area (Å²) in [6.45, 7) is 2.40. The van der Waals surface area contributed by atoms with Gasteiger partial charge in [0.1, 0.15) is 0 Å². The minimum atomic E-state index is 0.478. The van der Waals surface area contributed by atoms with Gasteiger partial charge in [0.05, 0.1) is 0 Å². The Hall–Kier alpha value is 0.270. The maximum absolute atomic E-state index is 4.25. The van der Waals surface area contributed by atoms with Gasteiger partial charge in [0.25, 0.3) is 0 Å². The number of rotatable bonds is 6. The van der Waals surface area contributed by atoms with E-state index in [0.29, 0.717) is 5.54 Å². The molecule has 2 nitrogen and oxygen atoms in total. The molecule has 1 fully saturated rings. The highest BCUT2D eigenvalue weighted by atomic mass is 32.1. The van der Waals surface area contributed by atoms with Crippen molar-refractivity contribution >= 4 is 12.6 Å².